The van der Waals surface area contributed by atoms with Crippen molar-refractivity contribution in [3.8, 4) is 0 Å². The minimum atomic E-state index is -0.461. The molecule has 2 N–H and O–H groups in total. The zero-order chi connectivity index (χ0) is 12.5. The van der Waals surface area contributed by atoms with Gasteiger partial charge in [0.1, 0.15) is 5.60 Å². The van der Waals surface area contributed by atoms with Crippen LogP contribution in [0.5, 0.6) is 0 Å². The Morgan fingerprint density at radius 1 is 1.53 bits per heavy atom. The molecule has 0 aliphatic carbocycles. The number of hydrogen-bond donors (Lipinski definition) is 2. The maximum atomic E-state index is 11.8. The van der Waals surface area contributed by atoms with E-state index in [-0.39, 0.29) is 11.6 Å². The van der Waals surface area contributed by atoms with Crippen molar-refractivity contribution in [3.05, 3.63) is 0 Å². The molecule has 2 saturated heterocycles. The van der Waals surface area contributed by atoms with E-state index in [1.165, 1.54) is 0 Å². The quantitative estimate of drug-likeness (QED) is 0.759. The number of carbonyl (C=O) groups excluding carboxylic acids is 1. The molecule has 0 aromatic carbocycles. The van der Waals surface area contributed by atoms with Gasteiger partial charge < -0.3 is 20.1 Å². The van der Waals surface area contributed by atoms with Crippen molar-refractivity contribution in [1.29, 1.82) is 0 Å². The van der Waals surface area contributed by atoms with Crippen LogP contribution in [-0.2, 0) is 9.47 Å². The standard InChI is InChI=1S/C12H22N2O3/c1-11(2,3)17-10(15)14-12(5-7-16-8-12)9-4-6-13-9/h9,13H,4-8H2,1-3H3,(H,14,15). The molecule has 5 heteroatoms. The Labute approximate surface area is 102 Å². The topological polar surface area (TPSA) is 59.6 Å². The molecule has 98 valence electrons. The van der Waals surface area contributed by atoms with Crippen LogP contribution in [0, 0.1) is 0 Å². The molecule has 0 radical (unpaired) electrons. The van der Waals surface area contributed by atoms with Gasteiger partial charge in [-0.15, -0.1) is 0 Å². The zero-order valence-corrected chi connectivity index (χ0v) is 10.8. The van der Waals surface area contributed by atoms with Crippen molar-refractivity contribution in [2.24, 2.45) is 0 Å². The SMILES string of the molecule is CC(C)(C)OC(=O)NC1(C2CCN2)CCOC1. The summed E-state index contributed by atoms with van der Waals surface area (Å²) in [5.74, 6) is 0. The van der Waals surface area contributed by atoms with Crippen LogP contribution in [0.2, 0.25) is 0 Å². The molecule has 2 fully saturated rings. The van der Waals surface area contributed by atoms with Gasteiger partial charge in [0, 0.05) is 12.6 Å². The van der Waals surface area contributed by atoms with Crippen LogP contribution < -0.4 is 10.6 Å². The molecule has 2 aliphatic rings. The van der Waals surface area contributed by atoms with Crippen molar-refractivity contribution in [3.63, 3.8) is 0 Å². The van der Waals surface area contributed by atoms with E-state index in [0.29, 0.717) is 19.3 Å². The third-order valence-electron chi connectivity index (χ3n) is 3.29. The highest BCUT2D eigenvalue weighted by Crippen LogP contribution is 2.28. The molecule has 0 bridgehead atoms. The summed E-state index contributed by atoms with van der Waals surface area (Å²) in [5.41, 5.74) is -0.738. The van der Waals surface area contributed by atoms with Gasteiger partial charge in [-0.05, 0) is 40.2 Å². The van der Waals surface area contributed by atoms with E-state index < -0.39 is 5.60 Å². The van der Waals surface area contributed by atoms with Gasteiger partial charge >= 0.3 is 6.09 Å². The summed E-state index contributed by atoms with van der Waals surface area (Å²) < 4.78 is 10.7. The highest BCUT2D eigenvalue weighted by Gasteiger charge is 2.46. The highest BCUT2D eigenvalue weighted by molar-refractivity contribution is 5.69. The molecular formula is C12H22N2O3. The normalized spacial score (nSPS) is 33.0. The fourth-order valence-electron chi connectivity index (χ4n) is 2.31. The van der Waals surface area contributed by atoms with Gasteiger partial charge in [-0.1, -0.05) is 0 Å². The fourth-order valence-corrected chi connectivity index (χ4v) is 2.31. The summed E-state index contributed by atoms with van der Waals surface area (Å²) >= 11 is 0. The Morgan fingerprint density at radius 2 is 2.24 bits per heavy atom. The lowest BCUT2D eigenvalue weighted by Gasteiger charge is -2.43. The lowest BCUT2D eigenvalue weighted by Crippen LogP contribution is -2.67. The number of ether oxygens (including phenoxy) is 2. The number of rotatable bonds is 2. The fraction of sp³-hybridized carbons (Fsp3) is 0.917. The Hall–Kier alpha value is -0.810. The number of amides is 1. The van der Waals surface area contributed by atoms with Crippen molar-refractivity contribution in [2.45, 2.75) is 50.8 Å². The van der Waals surface area contributed by atoms with E-state index in [2.05, 4.69) is 10.6 Å². The number of hydrogen-bond acceptors (Lipinski definition) is 4. The molecule has 1 amide bonds. The summed E-state index contributed by atoms with van der Waals surface area (Å²) in [6.45, 7) is 7.89. The predicted octanol–water partition coefficient (Wildman–Crippen LogP) is 1.03. The molecule has 0 saturated carbocycles. The Kier molecular flexibility index (Phi) is 3.32. The average Bonchev–Trinajstić information content (AvgIpc) is 2.45. The Morgan fingerprint density at radius 3 is 2.65 bits per heavy atom. The maximum absolute atomic E-state index is 11.8. The molecule has 2 rings (SSSR count). The second-order valence-electron chi connectivity index (χ2n) is 5.88. The first-order chi connectivity index (χ1) is 7.91. The lowest BCUT2D eigenvalue weighted by atomic mass is 9.83. The van der Waals surface area contributed by atoms with Crippen molar-refractivity contribution >= 4 is 6.09 Å². The zero-order valence-electron chi connectivity index (χ0n) is 10.8. The van der Waals surface area contributed by atoms with Gasteiger partial charge in [0.2, 0.25) is 0 Å². The van der Waals surface area contributed by atoms with Gasteiger partial charge in [-0.25, -0.2) is 4.79 Å². The Bertz CT molecular complexity index is 289. The van der Waals surface area contributed by atoms with Gasteiger partial charge in [0.05, 0.1) is 12.1 Å². The van der Waals surface area contributed by atoms with Crippen LogP contribution in [0.1, 0.15) is 33.6 Å². The van der Waals surface area contributed by atoms with Crippen molar-refractivity contribution in [2.75, 3.05) is 19.8 Å². The minimum absolute atomic E-state index is 0.277. The summed E-state index contributed by atoms with van der Waals surface area (Å²) in [7, 11) is 0. The molecule has 0 spiro atoms. The molecule has 2 heterocycles. The van der Waals surface area contributed by atoms with Gasteiger partial charge in [-0.2, -0.15) is 0 Å². The summed E-state index contributed by atoms with van der Waals surface area (Å²) in [5, 5.41) is 6.35. The van der Waals surface area contributed by atoms with Crippen LogP contribution >= 0.6 is 0 Å². The summed E-state index contributed by atoms with van der Waals surface area (Å²) in [4.78, 5) is 11.8. The summed E-state index contributed by atoms with van der Waals surface area (Å²) in [6, 6.07) is 0.317. The number of alkyl carbamates (subject to hydrolysis) is 1. The number of nitrogens with one attached hydrogen (secondary N) is 2. The van der Waals surface area contributed by atoms with Crippen LogP contribution in [0.25, 0.3) is 0 Å². The predicted molar refractivity (Wildman–Crippen MR) is 63.9 cm³/mol. The van der Waals surface area contributed by atoms with Gasteiger partial charge in [0.25, 0.3) is 0 Å². The first-order valence-corrected chi connectivity index (χ1v) is 6.24. The van der Waals surface area contributed by atoms with E-state index in [9.17, 15) is 4.79 Å². The molecule has 0 aromatic heterocycles. The van der Waals surface area contributed by atoms with E-state index in [1.54, 1.807) is 0 Å². The Balaban J connectivity index is 1.96. The molecule has 2 atom stereocenters. The summed E-state index contributed by atoms with van der Waals surface area (Å²) in [6.07, 6.45) is 1.58. The van der Waals surface area contributed by atoms with Gasteiger partial charge in [-0.3, -0.25) is 0 Å². The first-order valence-electron chi connectivity index (χ1n) is 6.24. The smallest absolute Gasteiger partial charge is 0.408 e. The molecule has 2 aliphatic heterocycles. The monoisotopic (exact) mass is 242 g/mol. The lowest BCUT2D eigenvalue weighted by molar-refractivity contribution is 0.0370. The van der Waals surface area contributed by atoms with Crippen molar-refractivity contribution < 1.29 is 14.3 Å². The highest BCUT2D eigenvalue weighted by atomic mass is 16.6. The largest absolute Gasteiger partial charge is 0.444 e. The van der Waals surface area contributed by atoms with Crippen LogP contribution in [0.15, 0.2) is 0 Å². The van der Waals surface area contributed by atoms with Crippen LogP contribution in [0.4, 0.5) is 4.79 Å². The second kappa shape index (κ2) is 4.46. The average molecular weight is 242 g/mol. The third-order valence-corrected chi connectivity index (χ3v) is 3.29. The van der Waals surface area contributed by atoms with Gasteiger partial charge in [0.15, 0.2) is 0 Å². The van der Waals surface area contributed by atoms with E-state index in [1.807, 2.05) is 20.8 Å². The second-order valence-corrected chi connectivity index (χ2v) is 5.88. The van der Waals surface area contributed by atoms with Crippen molar-refractivity contribution in [1.82, 2.24) is 10.6 Å². The number of carbonyl (C=O) groups is 1. The van der Waals surface area contributed by atoms with Crippen LogP contribution in [0.3, 0.4) is 0 Å². The minimum Gasteiger partial charge on any atom is -0.444 e. The van der Waals surface area contributed by atoms with Crippen LogP contribution in [-0.4, -0.2) is 43.0 Å². The molecular weight excluding hydrogens is 220 g/mol. The molecule has 2 unspecified atom stereocenters. The molecule has 5 nitrogen and oxygen atoms in total. The van der Waals surface area contributed by atoms with E-state index in [4.69, 9.17) is 9.47 Å². The van der Waals surface area contributed by atoms with E-state index >= 15 is 0 Å². The molecule has 0 aromatic rings. The first kappa shape index (κ1) is 12.6. The third kappa shape index (κ3) is 2.90. The van der Waals surface area contributed by atoms with E-state index in [0.717, 1.165) is 19.4 Å². The maximum Gasteiger partial charge on any atom is 0.408 e. The molecule has 17 heavy (non-hydrogen) atoms.